The lowest BCUT2D eigenvalue weighted by atomic mass is 9.83. The van der Waals surface area contributed by atoms with Gasteiger partial charge in [0.2, 0.25) is 0 Å². The Labute approximate surface area is 115 Å². The van der Waals surface area contributed by atoms with Crippen LogP contribution >= 0.6 is 0 Å². The molecule has 0 aliphatic carbocycles. The van der Waals surface area contributed by atoms with Gasteiger partial charge in [-0.15, -0.1) is 0 Å². The van der Waals surface area contributed by atoms with Gasteiger partial charge in [0, 0.05) is 25.4 Å². The second-order valence-corrected chi connectivity index (χ2v) is 5.44. The summed E-state index contributed by atoms with van der Waals surface area (Å²) < 4.78 is 5.53. The third kappa shape index (κ3) is 3.16. The Morgan fingerprint density at radius 2 is 2.21 bits per heavy atom. The van der Waals surface area contributed by atoms with Crippen molar-refractivity contribution in [3.63, 3.8) is 0 Å². The summed E-state index contributed by atoms with van der Waals surface area (Å²) in [6, 6.07) is 8.34. The lowest BCUT2D eigenvalue weighted by molar-refractivity contribution is -0.122. The molecule has 104 valence electrons. The maximum absolute atomic E-state index is 11.5. The number of aldehydes is 1. The molecule has 1 fully saturated rings. The van der Waals surface area contributed by atoms with Gasteiger partial charge in [-0.25, -0.2) is 0 Å². The third-order valence-corrected chi connectivity index (χ3v) is 3.95. The Kier molecular flexibility index (Phi) is 4.59. The van der Waals surface area contributed by atoms with E-state index >= 15 is 0 Å². The predicted octanol–water partition coefficient (Wildman–Crippen LogP) is 2.82. The zero-order valence-electron chi connectivity index (χ0n) is 11.9. The van der Waals surface area contributed by atoms with Crippen molar-refractivity contribution in [3.05, 3.63) is 29.8 Å². The van der Waals surface area contributed by atoms with E-state index in [1.165, 1.54) is 11.3 Å². The summed E-state index contributed by atoms with van der Waals surface area (Å²) in [5.74, 6) is 0. The molecule has 1 heterocycles. The van der Waals surface area contributed by atoms with Gasteiger partial charge in [0.1, 0.15) is 6.29 Å². The number of hydrogen-bond acceptors (Lipinski definition) is 3. The molecule has 19 heavy (non-hydrogen) atoms. The van der Waals surface area contributed by atoms with E-state index < -0.39 is 0 Å². The highest BCUT2D eigenvalue weighted by Gasteiger charge is 2.34. The van der Waals surface area contributed by atoms with Crippen LogP contribution in [0.3, 0.4) is 0 Å². The van der Waals surface area contributed by atoms with Crippen LogP contribution in [0.2, 0.25) is 0 Å². The normalized spacial score (nSPS) is 23.1. The van der Waals surface area contributed by atoms with Gasteiger partial charge in [-0.05, 0) is 38.3 Å². The number of carbonyl (C=O) groups excluding carboxylic acids is 1. The standard InChI is InChI=1S/C16H23NO2/c1-3-17(15-8-5-4-7-14(15)2)11-16(12-18)9-6-10-19-13-16/h4-5,7-8,12H,3,6,9-11,13H2,1-2H3. The van der Waals surface area contributed by atoms with Crippen molar-refractivity contribution in [2.45, 2.75) is 26.7 Å². The van der Waals surface area contributed by atoms with E-state index in [1.807, 2.05) is 6.07 Å². The molecule has 2 rings (SSSR count). The zero-order valence-corrected chi connectivity index (χ0v) is 11.9. The van der Waals surface area contributed by atoms with Crippen LogP contribution in [0.5, 0.6) is 0 Å². The van der Waals surface area contributed by atoms with Crippen LogP contribution in [0.4, 0.5) is 5.69 Å². The molecule has 0 amide bonds. The molecule has 0 radical (unpaired) electrons. The second kappa shape index (κ2) is 6.20. The van der Waals surface area contributed by atoms with Crippen molar-refractivity contribution in [1.29, 1.82) is 0 Å². The van der Waals surface area contributed by atoms with Crippen LogP contribution in [-0.2, 0) is 9.53 Å². The van der Waals surface area contributed by atoms with E-state index in [-0.39, 0.29) is 5.41 Å². The molecule has 0 spiro atoms. The average molecular weight is 261 g/mol. The van der Waals surface area contributed by atoms with Crippen molar-refractivity contribution < 1.29 is 9.53 Å². The molecule has 0 bridgehead atoms. The van der Waals surface area contributed by atoms with Crippen LogP contribution in [0, 0.1) is 12.3 Å². The second-order valence-electron chi connectivity index (χ2n) is 5.44. The molecule has 1 aliphatic heterocycles. The molecule has 0 N–H and O–H groups in total. The Morgan fingerprint density at radius 3 is 2.79 bits per heavy atom. The molecule has 0 aromatic heterocycles. The smallest absolute Gasteiger partial charge is 0.130 e. The number of hydrogen-bond donors (Lipinski definition) is 0. The monoisotopic (exact) mass is 261 g/mol. The molecule has 1 atom stereocenters. The Bertz CT molecular complexity index is 425. The first kappa shape index (κ1) is 14.1. The van der Waals surface area contributed by atoms with Gasteiger partial charge < -0.3 is 14.4 Å². The van der Waals surface area contributed by atoms with Gasteiger partial charge in [0.15, 0.2) is 0 Å². The molecular weight excluding hydrogens is 238 g/mol. The topological polar surface area (TPSA) is 29.5 Å². The lowest BCUT2D eigenvalue weighted by Gasteiger charge is -2.37. The number of carbonyl (C=O) groups is 1. The van der Waals surface area contributed by atoms with Crippen molar-refractivity contribution in [2.75, 3.05) is 31.2 Å². The highest BCUT2D eigenvalue weighted by Crippen LogP contribution is 2.30. The number of para-hydroxylation sites is 1. The number of aryl methyl sites for hydroxylation is 1. The van der Waals surface area contributed by atoms with E-state index in [0.29, 0.717) is 6.61 Å². The zero-order chi connectivity index (χ0) is 13.7. The molecule has 1 aromatic carbocycles. The van der Waals surface area contributed by atoms with Crippen molar-refractivity contribution in [1.82, 2.24) is 0 Å². The Hall–Kier alpha value is -1.35. The quantitative estimate of drug-likeness (QED) is 0.763. The maximum Gasteiger partial charge on any atom is 0.130 e. The summed E-state index contributed by atoms with van der Waals surface area (Å²) in [7, 11) is 0. The van der Waals surface area contributed by atoms with E-state index in [1.54, 1.807) is 0 Å². The summed E-state index contributed by atoms with van der Waals surface area (Å²) in [6.45, 7) is 7.24. The number of nitrogens with zero attached hydrogens (tertiary/aromatic N) is 1. The molecule has 3 nitrogen and oxygen atoms in total. The van der Waals surface area contributed by atoms with Gasteiger partial charge >= 0.3 is 0 Å². The van der Waals surface area contributed by atoms with Gasteiger partial charge in [-0.3, -0.25) is 0 Å². The van der Waals surface area contributed by atoms with Crippen LogP contribution in [0.25, 0.3) is 0 Å². The van der Waals surface area contributed by atoms with Gasteiger partial charge in [-0.1, -0.05) is 18.2 Å². The van der Waals surface area contributed by atoms with E-state index in [9.17, 15) is 4.79 Å². The van der Waals surface area contributed by atoms with Crippen LogP contribution < -0.4 is 4.90 Å². The molecule has 0 saturated carbocycles. The minimum atomic E-state index is -0.337. The first-order valence-corrected chi connectivity index (χ1v) is 7.05. The highest BCUT2D eigenvalue weighted by atomic mass is 16.5. The van der Waals surface area contributed by atoms with Crippen LogP contribution in [-0.4, -0.2) is 32.6 Å². The summed E-state index contributed by atoms with van der Waals surface area (Å²) >= 11 is 0. The molecule has 1 aromatic rings. The number of anilines is 1. The fourth-order valence-corrected chi connectivity index (χ4v) is 2.79. The lowest BCUT2D eigenvalue weighted by Crippen LogP contribution is -2.44. The first-order chi connectivity index (χ1) is 9.21. The largest absolute Gasteiger partial charge is 0.380 e. The Morgan fingerprint density at radius 1 is 1.42 bits per heavy atom. The first-order valence-electron chi connectivity index (χ1n) is 7.05. The number of benzene rings is 1. The highest BCUT2D eigenvalue weighted by molar-refractivity contribution is 5.63. The van der Waals surface area contributed by atoms with Crippen molar-refractivity contribution >= 4 is 12.0 Å². The van der Waals surface area contributed by atoms with Gasteiger partial charge in [0.05, 0.1) is 12.0 Å². The predicted molar refractivity (Wildman–Crippen MR) is 77.6 cm³/mol. The van der Waals surface area contributed by atoms with Crippen LogP contribution in [0.1, 0.15) is 25.3 Å². The van der Waals surface area contributed by atoms with E-state index in [4.69, 9.17) is 4.74 Å². The number of rotatable bonds is 5. The fourth-order valence-electron chi connectivity index (χ4n) is 2.79. The van der Waals surface area contributed by atoms with Crippen LogP contribution in [0.15, 0.2) is 24.3 Å². The molecule has 3 heteroatoms. The average Bonchev–Trinajstić information content (AvgIpc) is 2.47. The molecular formula is C16H23NO2. The molecule has 1 unspecified atom stereocenters. The minimum Gasteiger partial charge on any atom is -0.380 e. The maximum atomic E-state index is 11.5. The third-order valence-electron chi connectivity index (χ3n) is 3.95. The van der Waals surface area contributed by atoms with Gasteiger partial charge in [0.25, 0.3) is 0 Å². The summed E-state index contributed by atoms with van der Waals surface area (Å²) in [6.07, 6.45) is 3.01. The van der Waals surface area contributed by atoms with E-state index in [0.717, 1.165) is 38.8 Å². The summed E-state index contributed by atoms with van der Waals surface area (Å²) in [5.41, 5.74) is 2.13. The van der Waals surface area contributed by atoms with Gasteiger partial charge in [-0.2, -0.15) is 0 Å². The van der Waals surface area contributed by atoms with E-state index in [2.05, 4.69) is 36.9 Å². The molecule has 1 aliphatic rings. The number of ether oxygens (including phenoxy) is 1. The minimum absolute atomic E-state index is 0.337. The Balaban J connectivity index is 2.18. The summed E-state index contributed by atoms with van der Waals surface area (Å²) in [4.78, 5) is 13.8. The fraction of sp³-hybridized carbons (Fsp3) is 0.562. The SMILES string of the molecule is CCN(CC1(C=O)CCCOC1)c1ccccc1C. The van der Waals surface area contributed by atoms with Crippen molar-refractivity contribution in [3.8, 4) is 0 Å². The van der Waals surface area contributed by atoms with Crippen molar-refractivity contribution in [2.24, 2.45) is 5.41 Å². The molecule has 1 saturated heterocycles. The summed E-state index contributed by atoms with van der Waals surface area (Å²) in [5, 5.41) is 0.